The van der Waals surface area contributed by atoms with Gasteiger partial charge in [0, 0.05) is 37.5 Å². The maximum absolute atomic E-state index is 6.00. The second kappa shape index (κ2) is 5.04. The summed E-state index contributed by atoms with van der Waals surface area (Å²) in [5, 5.41) is 0. The average molecular weight is 230 g/mol. The summed E-state index contributed by atoms with van der Waals surface area (Å²) in [5.74, 6) is 2.47. The molecule has 2 saturated heterocycles. The predicted molar refractivity (Wildman–Crippen MR) is 65.3 cm³/mol. The van der Waals surface area contributed by atoms with Gasteiger partial charge in [-0.05, 0) is 25.5 Å². The highest BCUT2D eigenvalue weighted by atomic mass is 32.2. The molecule has 2 atom stereocenters. The minimum absolute atomic E-state index is 0.270. The van der Waals surface area contributed by atoms with E-state index < -0.39 is 0 Å². The fourth-order valence-corrected chi connectivity index (χ4v) is 4.05. The third-order valence-electron chi connectivity index (χ3n) is 3.59. The van der Waals surface area contributed by atoms with Crippen LogP contribution >= 0.6 is 11.8 Å². The van der Waals surface area contributed by atoms with Crippen molar-refractivity contribution in [3.8, 4) is 0 Å². The zero-order valence-electron chi connectivity index (χ0n) is 9.58. The van der Waals surface area contributed by atoms with Gasteiger partial charge in [0.1, 0.15) is 0 Å². The van der Waals surface area contributed by atoms with Gasteiger partial charge in [-0.25, -0.2) is 0 Å². The van der Waals surface area contributed by atoms with Crippen LogP contribution in [-0.2, 0) is 4.74 Å². The summed E-state index contributed by atoms with van der Waals surface area (Å²) < 4.78 is 5.69. The van der Waals surface area contributed by atoms with Crippen LogP contribution in [0.4, 0.5) is 0 Å². The molecule has 0 aromatic heterocycles. The van der Waals surface area contributed by atoms with Crippen molar-refractivity contribution >= 4 is 11.8 Å². The molecule has 2 aliphatic heterocycles. The maximum atomic E-state index is 6.00. The number of hydrogen-bond donors (Lipinski definition) is 1. The molecule has 88 valence electrons. The van der Waals surface area contributed by atoms with E-state index in [9.17, 15) is 0 Å². The molecule has 2 N–H and O–H groups in total. The number of nitrogens with two attached hydrogens (primary N) is 1. The van der Waals surface area contributed by atoms with Crippen LogP contribution in [-0.4, -0.2) is 54.3 Å². The van der Waals surface area contributed by atoms with Gasteiger partial charge in [-0.1, -0.05) is 0 Å². The second-order valence-corrected chi connectivity index (χ2v) is 5.82. The van der Waals surface area contributed by atoms with E-state index in [1.807, 2.05) is 11.8 Å². The van der Waals surface area contributed by atoms with E-state index in [4.69, 9.17) is 10.5 Å². The largest absolute Gasteiger partial charge is 0.377 e. The van der Waals surface area contributed by atoms with Gasteiger partial charge in [-0.3, -0.25) is 4.90 Å². The molecule has 0 amide bonds. The molecule has 2 heterocycles. The SMILES string of the molecule is CC1CN(C2(CN)CCSC2)CCCO1. The molecule has 2 rings (SSSR count). The highest BCUT2D eigenvalue weighted by Crippen LogP contribution is 2.33. The minimum atomic E-state index is 0.270. The first-order chi connectivity index (χ1) is 7.27. The van der Waals surface area contributed by atoms with E-state index in [1.165, 1.54) is 17.9 Å². The Bertz CT molecular complexity index is 207. The highest BCUT2D eigenvalue weighted by Gasteiger charge is 2.39. The Morgan fingerprint density at radius 2 is 2.47 bits per heavy atom. The minimum Gasteiger partial charge on any atom is -0.377 e. The van der Waals surface area contributed by atoms with Crippen LogP contribution < -0.4 is 5.73 Å². The molecule has 2 aliphatic rings. The summed E-state index contributed by atoms with van der Waals surface area (Å²) >= 11 is 2.04. The number of rotatable bonds is 2. The lowest BCUT2D eigenvalue weighted by Crippen LogP contribution is -2.55. The molecule has 0 aromatic carbocycles. The van der Waals surface area contributed by atoms with Crippen molar-refractivity contribution in [2.75, 3.05) is 37.7 Å². The molecule has 2 unspecified atom stereocenters. The molecule has 0 radical (unpaired) electrons. The van der Waals surface area contributed by atoms with Gasteiger partial charge in [-0.15, -0.1) is 0 Å². The maximum Gasteiger partial charge on any atom is 0.0674 e. The number of ether oxygens (including phenoxy) is 1. The van der Waals surface area contributed by atoms with Crippen molar-refractivity contribution < 1.29 is 4.74 Å². The molecule has 3 nitrogen and oxygen atoms in total. The van der Waals surface area contributed by atoms with Gasteiger partial charge in [0.25, 0.3) is 0 Å². The first-order valence-corrected chi connectivity index (χ1v) is 7.07. The van der Waals surface area contributed by atoms with Crippen LogP contribution in [0.1, 0.15) is 19.8 Å². The lowest BCUT2D eigenvalue weighted by Gasteiger charge is -2.40. The van der Waals surface area contributed by atoms with Crippen molar-refractivity contribution in [3.63, 3.8) is 0 Å². The Hall–Kier alpha value is 0.230. The standard InChI is InChI=1S/C11H22N2OS/c1-10-7-13(4-2-5-14-10)11(8-12)3-6-15-9-11/h10H,2-9,12H2,1H3. The highest BCUT2D eigenvalue weighted by molar-refractivity contribution is 7.99. The van der Waals surface area contributed by atoms with E-state index in [0.29, 0.717) is 6.10 Å². The van der Waals surface area contributed by atoms with E-state index in [2.05, 4.69) is 11.8 Å². The molecule has 0 bridgehead atoms. The van der Waals surface area contributed by atoms with Gasteiger partial charge >= 0.3 is 0 Å². The third kappa shape index (κ3) is 2.49. The molecule has 0 aromatic rings. The fourth-order valence-electron chi connectivity index (χ4n) is 2.56. The molecular formula is C11H22N2OS. The Morgan fingerprint density at radius 3 is 3.13 bits per heavy atom. The summed E-state index contributed by atoms with van der Waals surface area (Å²) in [4.78, 5) is 2.59. The third-order valence-corrected chi connectivity index (χ3v) is 4.82. The monoisotopic (exact) mass is 230 g/mol. The van der Waals surface area contributed by atoms with Crippen LogP contribution in [0.3, 0.4) is 0 Å². The summed E-state index contributed by atoms with van der Waals surface area (Å²) in [7, 11) is 0. The van der Waals surface area contributed by atoms with E-state index in [-0.39, 0.29) is 5.54 Å². The summed E-state index contributed by atoms with van der Waals surface area (Å²) in [5.41, 5.74) is 6.27. The molecule has 0 aliphatic carbocycles. The fraction of sp³-hybridized carbons (Fsp3) is 1.00. The first-order valence-electron chi connectivity index (χ1n) is 5.91. The van der Waals surface area contributed by atoms with Crippen molar-refractivity contribution in [2.45, 2.75) is 31.4 Å². The van der Waals surface area contributed by atoms with Crippen molar-refractivity contribution in [1.29, 1.82) is 0 Å². The Balaban J connectivity index is 2.05. The van der Waals surface area contributed by atoms with E-state index in [1.54, 1.807) is 0 Å². The zero-order chi connectivity index (χ0) is 10.7. The zero-order valence-corrected chi connectivity index (χ0v) is 10.4. The molecular weight excluding hydrogens is 208 g/mol. The number of hydrogen-bond acceptors (Lipinski definition) is 4. The van der Waals surface area contributed by atoms with Gasteiger partial charge in [0.2, 0.25) is 0 Å². The van der Waals surface area contributed by atoms with Crippen LogP contribution in [0.15, 0.2) is 0 Å². The summed E-state index contributed by atoms with van der Waals surface area (Å²) in [6.07, 6.45) is 2.76. The van der Waals surface area contributed by atoms with Gasteiger partial charge < -0.3 is 10.5 Å². The quantitative estimate of drug-likeness (QED) is 0.766. The van der Waals surface area contributed by atoms with Crippen LogP contribution in [0.25, 0.3) is 0 Å². The topological polar surface area (TPSA) is 38.5 Å². The van der Waals surface area contributed by atoms with E-state index >= 15 is 0 Å². The van der Waals surface area contributed by atoms with E-state index in [0.717, 1.165) is 32.7 Å². The van der Waals surface area contributed by atoms with Crippen LogP contribution in [0.5, 0.6) is 0 Å². The van der Waals surface area contributed by atoms with Crippen molar-refractivity contribution in [2.24, 2.45) is 5.73 Å². The summed E-state index contributed by atoms with van der Waals surface area (Å²) in [6.45, 7) is 6.09. The molecule has 0 spiro atoms. The Morgan fingerprint density at radius 1 is 1.60 bits per heavy atom. The predicted octanol–water partition coefficient (Wildman–Crippen LogP) is 0.932. The second-order valence-electron chi connectivity index (χ2n) is 4.71. The molecule has 4 heteroatoms. The van der Waals surface area contributed by atoms with Crippen molar-refractivity contribution in [3.05, 3.63) is 0 Å². The number of nitrogens with zero attached hydrogens (tertiary/aromatic N) is 1. The lowest BCUT2D eigenvalue weighted by molar-refractivity contribution is 0.0450. The summed E-state index contributed by atoms with van der Waals surface area (Å²) in [6, 6.07) is 0. The molecule has 0 saturated carbocycles. The number of thioether (sulfide) groups is 1. The smallest absolute Gasteiger partial charge is 0.0674 e. The van der Waals surface area contributed by atoms with Gasteiger partial charge in [0.05, 0.1) is 6.10 Å². The Labute approximate surface area is 96.7 Å². The molecule has 15 heavy (non-hydrogen) atoms. The van der Waals surface area contributed by atoms with Crippen molar-refractivity contribution in [1.82, 2.24) is 4.90 Å². The van der Waals surface area contributed by atoms with Gasteiger partial charge in [-0.2, -0.15) is 11.8 Å². The Kier molecular flexibility index (Phi) is 3.93. The van der Waals surface area contributed by atoms with Gasteiger partial charge in [0.15, 0.2) is 0 Å². The normalized spacial score (nSPS) is 39.2. The first kappa shape index (κ1) is 11.7. The van der Waals surface area contributed by atoms with Crippen LogP contribution in [0, 0.1) is 0 Å². The lowest BCUT2D eigenvalue weighted by atomic mass is 9.96. The average Bonchev–Trinajstić information content (AvgIpc) is 2.63. The molecule has 2 fully saturated rings. The van der Waals surface area contributed by atoms with Crippen LogP contribution in [0.2, 0.25) is 0 Å².